The normalized spacial score (nSPS) is 16.9. The highest BCUT2D eigenvalue weighted by molar-refractivity contribution is 6.36. The van der Waals surface area contributed by atoms with Crippen LogP contribution in [-0.2, 0) is 6.54 Å². The van der Waals surface area contributed by atoms with Crippen LogP contribution in [0.15, 0.2) is 60.8 Å². The first-order chi connectivity index (χ1) is 15.9. The van der Waals surface area contributed by atoms with Crippen LogP contribution in [0, 0.1) is 5.92 Å². The highest BCUT2D eigenvalue weighted by Crippen LogP contribution is 2.37. The van der Waals surface area contributed by atoms with E-state index in [0.717, 1.165) is 49.3 Å². The summed E-state index contributed by atoms with van der Waals surface area (Å²) in [5.74, 6) is 1.51. The first kappa shape index (κ1) is 24.2. The molecule has 4 nitrogen and oxygen atoms in total. The molecule has 7 heteroatoms. The van der Waals surface area contributed by atoms with Gasteiger partial charge in [-0.15, -0.1) is 0 Å². The van der Waals surface area contributed by atoms with Crippen LogP contribution in [-0.4, -0.2) is 36.1 Å². The molecule has 0 spiro atoms. The molecule has 0 radical (unpaired) electrons. The summed E-state index contributed by atoms with van der Waals surface area (Å²) in [6.45, 7) is 8.80. The summed E-state index contributed by atoms with van der Waals surface area (Å²) < 4.78 is 0. The lowest BCUT2D eigenvalue weighted by molar-refractivity contribution is 0.215. The Balaban J connectivity index is 1.52. The fourth-order valence-electron chi connectivity index (χ4n) is 4.15. The molecule has 2 aromatic carbocycles. The van der Waals surface area contributed by atoms with Crippen molar-refractivity contribution in [3.05, 3.63) is 87.0 Å². The van der Waals surface area contributed by atoms with Crippen LogP contribution in [0.3, 0.4) is 0 Å². The topological polar surface area (TPSA) is 31.4 Å². The number of nitrogens with one attached hydrogen (secondary N) is 1. The number of hydrogen-bond acceptors (Lipinski definition) is 4. The number of aromatic nitrogens is 1. The molecule has 0 unspecified atom stereocenters. The lowest BCUT2D eigenvalue weighted by Crippen LogP contribution is -2.48. The number of rotatable bonds is 7. The highest BCUT2D eigenvalue weighted by Gasteiger charge is 2.29. The Morgan fingerprint density at radius 2 is 1.73 bits per heavy atom. The van der Waals surface area contributed by atoms with Gasteiger partial charge in [-0.1, -0.05) is 66.8 Å². The van der Waals surface area contributed by atoms with Gasteiger partial charge in [0.15, 0.2) is 0 Å². The van der Waals surface area contributed by atoms with Gasteiger partial charge >= 0.3 is 0 Å². The summed E-state index contributed by atoms with van der Waals surface area (Å²) in [6, 6.07) is 18.2. The van der Waals surface area contributed by atoms with E-state index in [9.17, 15) is 0 Å². The zero-order valence-corrected chi connectivity index (χ0v) is 21.2. The lowest BCUT2D eigenvalue weighted by atomic mass is 10.0. The first-order valence-electron chi connectivity index (χ1n) is 11.3. The monoisotopic (exact) mass is 502 g/mol. The molecule has 1 N–H and O–H groups in total. The maximum Gasteiger partial charge on any atom is 0.125 e. The summed E-state index contributed by atoms with van der Waals surface area (Å²) in [6.07, 6.45) is 1.97. The Labute approximate surface area is 211 Å². The van der Waals surface area contributed by atoms with Crippen molar-refractivity contribution in [1.82, 2.24) is 9.88 Å². The Kier molecular flexibility index (Phi) is 8.02. The fourth-order valence-corrected chi connectivity index (χ4v) is 4.79. The minimum absolute atomic E-state index is 0.148. The van der Waals surface area contributed by atoms with Crippen LogP contribution in [0.5, 0.6) is 0 Å². The van der Waals surface area contributed by atoms with E-state index in [-0.39, 0.29) is 6.04 Å². The van der Waals surface area contributed by atoms with Gasteiger partial charge in [-0.2, -0.15) is 0 Å². The fraction of sp³-hybridized carbons (Fsp3) is 0.346. The molecule has 1 fully saturated rings. The van der Waals surface area contributed by atoms with Crippen molar-refractivity contribution in [3.63, 3.8) is 0 Å². The molecular formula is C26H29Cl3N4. The maximum atomic E-state index is 6.59. The van der Waals surface area contributed by atoms with E-state index in [1.165, 1.54) is 11.1 Å². The van der Waals surface area contributed by atoms with Crippen molar-refractivity contribution in [1.29, 1.82) is 0 Å². The van der Waals surface area contributed by atoms with Gasteiger partial charge in [0.25, 0.3) is 0 Å². The second-order valence-corrected chi connectivity index (χ2v) is 10.2. The molecule has 1 aromatic heterocycles. The van der Waals surface area contributed by atoms with Crippen molar-refractivity contribution in [2.75, 3.05) is 36.4 Å². The summed E-state index contributed by atoms with van der Waals surface area (Å²) in [5.41, 5.74) is 3.42. The molecule has 1 aliphatic rings. The van der Waals surface area contributed by atoms with Crippen molar-refractivity contribution >= 4 is 46.3 Å². The predicted octanol–water partition coefficient (Wildman–Crippen LogP) is 7.17. The number of halogens is 3. The van der Waals surface area contributed by atoms with Gasteiger partial charge < -0.3 is 10.2 Å². The van der Waals surface area contributed by atoms with Gasteiger partial charge in [0.1, 0.15) is 5.82 Å². The van der Waals surface area contributed by atoms with Gasteiger partial charge in [0, 0.05) is 49.0 Å². The van der Waals surface area contributed by atoms with E-state index in [4.69, 9.17) is 34.8 Å². The minimum atomic E-state index is 0.148. The molecular weight excluding hydrogens is 475 g/mol. The Morgan fingerprint density at radius 1 is 0.970 bits per heavy atom. The van der Waals surface area contributed by atoms with Crippen LogP contribution >= 0.6 is 34.8 Å². The SMILES string of the molecule is CC(C)CNc1ccc(CN2CCN(c3ccc(Cl)cc3Cl)[C@H](c3ccc(Cl)cc3)C2)cn1. The van der Waals surface area contributed by atoms with Crippen molar-refractivity contribution in [3.8, 4) is 0 Å². The number of nitrogens with zero attached hydrogens (tertiary/aromatic N) is 3. The zero-order chi connectivity index (χ0) is 23.4. The molecule has 0 saturated carbocycles. The quantitative estimate of drug-likeness (QED) is 0.370. The largest absolute Gasteiger partial charge is 0.370 e. The molecule has 33 heavy (non-hydrogen) atoms. The Hall–Kier alpha value is -1.98. The summed E-state index contributed by atoms with van der Waals surface area (Å²) >= 11 is 18.9. The van der Waals surface area contributed by atoms with E-state index >= 15 is 0 Å². The van der Waals surface area contributed by atoms with Crippen molar-refractivity contribution < 1.29 is 0 Å². The third-order valence-electron chi connectivity index (χ3n) is 5.86. The lowest BCUT2D eigenvalue weighted by Gasteiger charge is -2.43. The van der Waals surface area contributed by atoms with Crippen LogP contribution < -0.4 is 10.2 Å². The smallest absolute Gasteiger partial charge is 0.125 e. The third-order valence-corrected chi connectivity index (χ3v) is 6.65. The van der Waals surface area contributed by atoms with Crippen molar-refractivity contribution in [2.45, 2.75) is 26.4 Å². The van der Waals surface area contributed by atoms with Gasteiger partial charge in [-0.3, -0.25) is 4.90 Å². The Bertz CT molecular complexity index is 1050. The number of hydrogen-bond donors (Lipinski definition) is 1. The van der Waals surface area contributed by atoms with Crippen molar-refractivity contribution in [2.24, 2.45) is 5.92 Å². The van der Waals surface area contributed by atoms with E-state index in [1.807, 2.05) is 36.5 Å². The molecule has 0 bridgehead atoms. The van der Waals surface area contributed by atoms with Gasteiger partial charge in [-0.25, -0.2) is 4.98 Å². The second kappa shape index (κ2) is 11.0. The predicted molar refractivity (Wildman–Crippen MR) is 141 cm³/mol. The van der Waals surface area contributed by atoms with E-state index in [2.05, 4.69) is 58.2 Å². The van der Waals surface area contributed by atoms with Crippen LogP contribution in [0.2, 0.25) is 15.1 Å². The summed E-state index contributed by atoms with van der Waals surface area (Å²) in [5, 5.41) is 5.43. The molecule has 4 rings (SSSR count). The van der Waals surface area contributed by atoms with Crippen LogP contribution in [0.25, 0.3) is 0 Å². The number of piperazine rings is 1. The molecule has 2 heterocycles. The number of anilines is 2. The summed E-state index contributed by atoms with van der Waals surface area (Å²) in [7, 11) is 0. The molecule has 1 saturated heterocycles. The number of pyridine rings is 1. The van der Waals surface area contributed by atoms with E-state index < -0.39 is 0 Å². The Morgan fingerprint density at radius 3 is 2.39 bits per heavy atom. The van der Waals surface area contributed by atoms with Gasteiger partial charge in [0.2, 0.25) is 0 Å². The second-order valence-electron chi connectivity index (χ2n) is 8.92. The highest BCUT2D eigenvalue weighted by atomic mass is 35.5. The minimum Gasteiger partial charge on any atom is -0.370 e. The van der Waals surface area contributed by atoms with E-state index in [1.54, 1.807) is 0 Å². The first-order valence-corrected chi connectivity index (χ1v) is 12.4. The molecule has 3 aromatic rings. The third kappa shape index (κ3) is 6.33. The van der Waals surface area contributed by atoms with Crippen LogP contribution in [0.1, 0.15) is 31.0 Å². The molecule has 174 valence electrons. The molecule has 1 atom stereocenters. The van der Waals surface area contributed by atoms with Crippen LogP contribution in [0.4, 0.5) is 11.5 Å². The maximum absolute atomic E-state index is 6.59. The van der Waals surface area contributed by atoms with Gasteiger partial charge in [-0.05, 0) is 53.4 Å². The summed E-state index contributed by atoms with van der Waals surface area (Å²) in [4.78, 5) is 9.43. The van der Waals surface area contributed by atoms with E-state index in [0.29, 0.717) is 16.0 Å². The molecule has 0 aliphatic carbocycles. The molecule has 0 amide bonds. The zero-order valence-electron chi connectivity index (χ0n) is 18.9. The average molecular weight is 504 g/mol. The number of benzene rings is 2. The van der Waals surface area contributed by atoms with Gasteiger partial charge in [0.05, 0.1) is 16.8 Å². The molecule has 1 aliphatic heterocycles. The standard InChI is InChI=1S/C26H29Cl3N4/c1-18(2)14-30-26-10-3-19(15-31-26)16-32-11-12-33(24-9-8-22(28)13-23(24)29)25(17-32)20-4-6-21(27)7-5-20/h3-10,13,15,18,25H,11-12,14,16-17H2,1-2H3,(H,30,31)/t25-/m0/s1. The average Bonchev–Trinajstić information content (AvgIpc) is 2.79.